The molecule has 0 rings (SSSR count). The zero-order valence-corrected chi connectivity index (χ0v) is 9.88. The molecule has 1 unspecified atom stereocenters. The highest BCUT2D eigenvalue weighted by Crippen LogP contribution is 2.06. The second-order valence-corrected chi connectivity index (χ2v) is 3.75. The minimum Gasteiger partial charge on any atom is -0.383 e. The molecule has 0 radical (unpaired) electrons. The molecule has 0 aromatic rings. The van der Waals surface area contributed by atoms with Gasteiger partial charge in [-0.05, 0) is 25.3 Å². The zero-order chi connectivity index (χ0) is 10.6. The van der Waals surface area contributed by atoms with E-state index in [1.54, 1.807) is 7.11 Å². The van der Waals surface area contributed by atoms with Gasteiger partial charge in [-0.3, -0.25) is 0 Å². The van der Waals surface area contributed by atoms with Crippen molar-refractivity contribution in [1.29, 1.82) is 0 Å². The lowest BCUT2D eigenvalue weighted by Gasteiger charge is -2.03. The van der Waals surface area contributed by atoms with Gasteiger partial charge in [-0.2, -0.15) is 0 Å². The molecule has 0 heterocycles. The molecule has 0 aliphatic carbocycles. The quantitative estimate of drug-likeness (QED) is 0.455. The summed E-state index contributed by atoms with van der Waals surface area (Å²) in [6, 6.07) is 0. The Hall–Kier alpha value is -0.340. The molecule has 0 fully saturated rings. The van der Waals surface area contributed by atoms with E-state index in [1.165, 1.54) is 12.8 Å². The third-order valence-electron chi connectivity index (χ3n) is 2.37. The molecule has 0 bridgehead atoms. The minimum absolute atomic E-state index is 0.802. The molecule has 0 saturated heterocycles. The van der Waals surface area contributed by atoms with Crippen LogP contribution in [0.4, 0.5) is 0 Å². The van der Waals surface area contributed by atoms with Crippen LogP contribution in [0.3, 0.4) is 0 Å². The second kappa shape index (κ2) is 10.7. The normalized spacial score (nSPS) is 13.6. The lowest BCUT2D eigenvalue weighted by molar-refractivity contribution is 0.199. The lowest BCUT2D eigenvalue weighted by atomic mass is 10.1. The van der Waals surface area contributed by atoms with Crippen LogP contribution in [0.25, 0.3) is 0 Å². The van der Waals surface area contributed by atoms with Gasteiger partial charge < -0.3 is 10.1 Å². The van der Waals surface area contributed by atoms with E-state index in [0.717, 1.165) is 32.0 Å². The predicted octanol–water partition coefficient (Wildman–Crippen LogP) is 2.60. The number of nitrogens with one attached hydrogen (secondary N) is 1. The van der Waals surface area contributed by atoms with Crippen LogP contribution in [0, 0.1) is 5.92 Å². The van der Waals surface area contributed by atoms with Crippen molar-refractivity contribution < 1.29 is 4.74 Å². The van der Waals surface area contributed by atoms with Crippen molar-refractivity contribution in [2.24, 2.45) is 5.92 Å². The first-order valence-corrected chi connectivity index (χ1v) is 5.65. The molecule has 0 aromatic heterocycles. The van der Waals surface area contributed by atoms with Crippen LogP contribution >= 0.6 is 0 Å². The van der Waals surface area contributed by atoms with E-state index in [2.05, 4.69) is 31.3 Å². The van der Waals surface area contributed by atoms with Crippen LogP contribution in [-0.2, 0) is 4.74 Å². The Bertz CT molecular complexity index is 134. The van der Waals surface area contributed by atoms with Crippen LogP contribution in [0.2, 0.25) is 0 Å². The predicted molar refractivity (Wildman–Crippen MR) is 62.6 cm³/mol. The maximum absolute atomic E-state index is 4.94. The SMILES string of the molecule is CCC(C)CC=CCCNCCOC. The fourth-order valence-electron chi connectivity index (χ4n) is 1.10. The Balaban J connectivity index is 3.10. The van der Waals surface area contributed by atoms with Crippen molar-refractivity contribution in [3.63, 3.8) is 0 Å². The topological polar surface area (TPSA) is 21.3 Å². The summed E-state index contributed by atoms with van der Waals surface area (Å²) >= 11 is 0. The molecule has 2 heteroatoms. The van der Waals surface area contributed by atoms with Crippen molar-refractivity contribution in [3.05, 3.63) is 12.2 Å². The van der Waals surface area contributed by atoms with Gasteiger partial charge in [0.2, 0.25) is 0 Å². The van der Waals surface area contributed by atoms with Crippen molar-refractivity contribution in [1.82, 2.24) is 5.32 Å². The van der Waals surface area contributed by atoms with Crippen molar-refractivity contribution in [2.45, 2.75) is 33.1 Å². The van der Waals surface area contributed by atoms with Gasteiger partial charge in [0.05, 0.1) is 6.61 Å². The van der Waals surface area contributed by atoms with Crippen LogP contribution < -0.4 is 5.32 Å². The molecule has 0 saturated carbocycles. The highest BCUT2D eigenvalue weighted by molar-refractivity contribution is 4.83. The van der Waals surface area contributed by atoms with Gasteiger partial charge in [0, 0.05) is 13.7 Å². The van der Waals surface area contributed by atoms with E-state index in [4.69, 9.17) is 4.74 Å². The van der Waals surface area contributed by atoms with Gasteiger partial charge in [-0.1, -0.05) is 32.4 Å². The molecule has 0 aliphatic rings. The highest BCUT2D eigenvalue weighted by Gasteiger charge is 1.92. The summed E-state index contributed by atoms with van der Waals surface area (Å²) in [4.78, 5) is 0. The third-order valence-corrected chi connectivity index (χ3v) is 2.37. The van der Waals surface area contributed by atoms with Gasteiger partial charge in [-0.25, -0.2) is 0 Å². The maximum Gasteiger partial charge on any atom is 0.0587 e. The Kier molecular flexibility index (Phi) is 10.5. The zero-order valence-electron chi connectivity index (χ0n) is 9.88. The Morgan fingerprint density at radius 3 is 2.71 bits per heavy atom. The number of allylic oxidation sites excluding steroid dienone is 1. The number of methoxy groups -OCH3 is 1. The van der Waals surface area contributed by atoms with Gasteiger partial charge in [0.15, 0.2) is 0 Å². The average molecular weight is 199 g/mol. The fraction of sp³-hybridized carbons (Fsp3) is 0.833. The summed E-state index contributed by atoms with van der Waals surface area (Å²) in [6.07, 6.45) is 8.18. The standard InChI is InChI=1S/C12H25NO/c1-4-12(2)8-6-5-7-9-13-10-11-14-3/h5-6,12-13H,4,7-11H2,1-3H3. The monoisotopic (exact) mass is 199 g/mol. The molecule has 0 amide bonds. The van der Waals surface area contributed by atoms with Crippen molar-refractivity contribution >= 4 is 0 Å². The summed E-state index contributed by atoms with van der Waals surface area (Å²) in [5.74, 6) is 0.827. The van der Waals surface area contributed by atoms with E-state index in [9.17, 15) is 0 Å². The molecule has 2 nitrogen and oxygen atoms in total. The van der Waals surface area contributed by atoms with Gasteiger partial charge in [-0.15, -0.1) is 0 Å². The largest absolute Gasteiger partial charge is 0.383 e. The lowest BCUT2D eigenvalue weighted by Crippen LogP contribution is -2.19. The number of hydrogen-bond acceptors (Lipinski definition) is 2. The van der Waals surface area contributed by atoms with E-state index < -0.39 is 0 Å². The molecule has 0 aliphatic heterocycles. The fourth-order valence-corrected chi connectivity index (χ4v) is 1.10. The molecular formula is C12H25NO. The van der Waals surface area contributed by atoms with Gasteiger partial charge in [0.25, 0.3) is 0 Å². The van der Waals surface area contributed by atoms with E-state index in [-0.39, 0.29) is 0 Å². The second-order valence-electron chi connectivity index (χ2n) is 3.75. The van der Waals surface area contributed by atoms with Crippen molar-refractivity contribution in [3.8, 4) is 0 Å². The van der Waals surface area contributed by atoms with E-state index >= 15 is 0 Å². The summed E-state index contributed by atoms with van der Waals surface area (Å²) in [6.45, 7) is 7.35. The number of ether oxygens (including phenoxy) is 1. The Morgan fingerprint density at radius 1 is 1.29 bits per heavy atom. The van der Waals surface area contributed by atoms with E-state index in [0.29, 0.717) is 0 Å². The average Bonchev–Trinajstić information content (AvgIpc) is 2.21. The van der Waals surface area contributed by atoms with Crippen molar-refractivity contribution in [2.75, 3.05) is 26.8 Å². The summed E-state index contributed by atoms with van der Waals surface area (Å²) in [7, 11) is 1.73. The maximum atomic E-state index is 4.94. The summed E-state index contributed by atoms with van der Waals surface area (Å²) < 4.78 is 4.94. The van der Waals surface area contributed by atoms with Gasteiger partial charge >= 0.3 is 0 Å². The molecule has 84 valence electrons. The minimum atomic E-state index is 0.802. The highest BCUT2D eigenvalue weighted by atomic mass is 16.5. The van der Waals surface area contributed by atoms with Crippen LogP contribution in [0.5, 0.6) is 0 Å². The Morgan fingerprint density at radius 2 is 2.07 bits per heavy atom. The number of hydrogen-bond donors (Lipinski definition) is 1. The third kappa shape index (κ3) is 9.75. The summed E-state index contributed by atoms with van der Waals surface area (Å²) in [5, 5.41) is 3.31. The summed E-state index contributed by atoms with van der Waals surface area (Å²) in [5.41, 5.74) is 0. The molecule has 1 atom stereocenters. The van der Waals surface area contributed by atoms with E-state index in [1.807, 2.05) is 0 Å². The molecule has 0 aromatic carbocycles. The van der Waals surface area contributed by atoms with Crippen LogP contribution in [0.1, 0.15) is 33.1 Å². The smallest absolute Gasteiger partial charge is 0.0587 e. The molecule has 0 spiro atoms. The first-order valence-electron chi connectivity index (χ1n) is 5.65. The molecular weight excluding hydrogens is 174 g/mol. The first-order chi connectivity index (χ1) is 6.81. The Labute approximate surface area is 88.7 Å². The van der Waals surface area contributed by atoms with Crippen LogP contribution in [0.15, 0.2) is 12.2 Å². The number of rotatable bonds is 9. The first kappa shape index (κ1) is 13.7. The molecule has 14 heavy (non-hydrogen) atoms. The van der Waals surface area contributed by atoms with Crippen LogP contribution in [-0.4, -0.2) is 26.8 Å². The van der Waals surface area contributed by atoms with Gasteiger partial charge in [0.1, 0.15) is 0 Å². The molecule has 1 N–H and O–H groups in total.